The molecular weight excluding hydrogens is 226 g/mol. The second-order valence-electron chi connectivity index (χ2n) is 4.85. The van der Waals surface area contributed by atoms with E-state index in [1.165, 1.54) is 12.8 Å². The molecule has 0 bridgehead atoms. The van der Waals surface area contributed by atoms with Crippen molar-refractivity contribution in [2.24, 2.45) is 5.73 Å². The number of rotatable bonds is 11. The van der Waals surface area contributed by atoms with Crippen LogP contribution in [0.4, 0.5) is 0 Å². The molecular formula is C14H31N3O. The fourth-order valence-electron chi connectivity index (χ4n) is 1.93. The van der Waals surface area contributed by atoms with Crippen LogP contribution >= 0.6 is 0 Å². The van der Waals surface area contributed by atoms with Gasteiger partial charge in [-0.1, -0.05) is 33.1 Å². The average molecular weight is 257 g/mol. The quantitative estimate of drug-likeness (QED) is 0.554. The zero-order valence-corrected chi connectivity index (χ0v) is 12.4. The second kappa shape index (κ2) is 11.5. The first kappa shape index (κ1) is 17.4. The van der Waals surface area contributed by atoms with Crippen LogP contribution in [-0.4, -0.2) is 43.0 Å². The number of amides is 1. The molecule has 0 aliphatic rings. The molecule has 4 nitrogen and oxygen atoms in total. The van der Waals surface area contributed by atoms with Crippen LogP contribution in [-0.2, 0) is 4.79 Å². The van der Waals surface area contributed by atoms with Gasteiger partial charge in [-0.25, -0.2) is 0 Å². The van der Waals surface area contributed by atoms with Crippen LogP contribution in [0, 0.1) is 0 Å². The summed E-state index contributed by atoms with van der Waals surface area (Å²) in [5, 5.41) is 3.01. The molecule has 0 radical (unpaired) electrons. The molecule has 0 saturated carbocycles. The monoisotopic (exact) mass is 257 g/mol. The largest absolute Gasteiger partial charge is 0.355 e. The highest BCUT2D eigenvalue weighted by Crippen LogP contribution is 2.02. The van der Waals surface area contributed by atoms with E-state index in [-0.39, 0.29) is 11.9 Å². The molecule has 0 saturated heterocycles. The molecule has 0 aromatic heterocycles. The van der Waals surface area contributed by atoms with Crippen molar-refractivity contribution >= 4 is 5.91 Å². The molecule has 1 unspecified atom stereocenters. The Kier molecular flexibility index (Phi) is 11.1. The predicted molar refractivity (Wildman–Crippen MR) is 77.5 cm³/mol. The molecule has 0 aromatic carbocycles. The van der Waals surface area contributed by atoms with E-state index in [4.69, 9.17) is 5.73 Å². The lowest BCUT2D eigenvalue weighted by molar-refractivity contribution is -0.125. The van der Waals surface area contributed by atoms with Gasteiger partial charge in [-0.3, -0.25) is 9.69 Å². The van der Waals surface area contributed by atoms with Crippen molar-refractivity contribution < 1.29 is 4.79 Å². The Morgan fingerprint density at radius 2 is 1.83 bits per heavy atom. The minimum Gasteiger partial charge on any atom is -0.355 e. The van der Waals surface area contributed by atoms with Gasteiger partial charge in [-0.05, 0) is 26.3 Å². The second-order valence-corrected chi connectivity index (χ2v) is 4.85. The Bertz CT molecular complexity index is 209. The van der Waals surface area contributed by atoms with Crippen molar-refractivity contribution in [1.29, 1.82) is 0 Å². The number of carbonyl (C=O) groups is 1. The Morgan fingerprint density at radius 3 is 2.39 bits per heavy atom. The molecule has 0 spiro atoms. The third kappa shape index (κ3) is 7.67. The number of nitrogens with zero attached hydrogens (tertiary/aromatic N) is 1. The fourth-order valence-corrected chi connectivity index (χ4v) is 1.93. The SMILES string of the molecule is CCCCCNC(=O)C(C)N(CCN)CCCC. The molecule has 0 aromatic rings. The third-order valence-electron chi connectivity index (χ3n) is 3.22. The molecule has 1 amide bonds. The zero-order chi connectivity index (χ0) is 13.8. The summed E-state index contributed by atoms with van der Waals surface area (Å²) < 4.78 is 0. The van der Waals surface area contributed by atoms with Gasteiger partial charge < -0.3 is 11.1 Å². The molecule has 3 N–H and O–H groups in total. The molecule has 0 aliphatic carbocycles. The van der Waals surface area contributed by atoms with Crippen LogP contribution in [0.25, 0.3) is 0 Å². The summed E-state index contributed by atoms with van der Waals surface area (Å²) in [5.74, 6) is 0.135. The number of nitrogens with one attached hydrogen (secondary N) is 1. The lowest BCUT2D eigenvalue weighted by Crippen LogP contribution is -2.47. The van der Waals surface area contributed by atoms with Crippen LogP contribution in [0.1, 0.15) is 52.9 Å². The summed E-state index contributed by atoms with van der Waals surface area (Å²) in [4.78, 5) is 14.2. The number of hydrogen-bond donors (Lipinski definition) is 2. The number of nitrogens with two attached hydrogens (primary N) is 1. The first-order chi connectivity index (χ1) is 8.67. The highest BCUT2D eigenvalue weighted by atomic mass is 16.2. The lowest BCUT2D eigenvalue weighted by atomic mass is 10.2. The van der Waals surface area contributed by atoms with Gasteiger partial charge in [0, 0.05) is 19.6 Å². The Morgan fingerprint density at radius 1 is 1.17 bits per heavy atom. The van der Waals surface area contributed by atoms with Crippen molar-refractivity contribution in [3.63, 3.8) is 0 Å². The lowest BCUT2D eigenvalue weighted by Gasteiger charge is -2.27. The van der Waals surface area contributed by atoms with Crippen molar-refractivity contribution in [2.75, 3.05) is 26.2 Å². The Balaban J connectivity index is 4.02. The maximum absolute atomic E-state index is 12.0. The van der Waals surface area contributed by atoms with Crippen molar-refractivity contribution in [1.82, 2.24) is 10.2 Å². The maximum atomic E-state index is 12.0. The van der Waals surface area contributed by atoms with Gasteiger partial charge in [0.15, 0.2) is 0 Å². The summed E-state index contributed by atoms with van der Waals surface area (Å²) in [6.45, 7) is 9.45. The molecule has 0 rings (SSSR count). The Hall–Kier alpha value is -0.610. The summed E-state index contributed by atoms with van der Waals surface area (Å²) >= 11 is 0. The summed E-state index contributed by atoms with van der Waals surface area (Å²) in [6, 6.07) is -0.0678. The Labute approximate surface area is 112 Å². The minimum absolute atomic E-state index is 0.0678. The zero-order valence-electron chi connectivity index (χ0n) is 12.4. The smallest absolute Gasteiger partial charge is 0.237 e. The number of carbonyl (C=O) groups excluding carboxylic acids is 1. The first-order valence-corrected chi connectivity index (χ1v) is 7.39. The normalized spacial score (nSPS) is 12.7. The molecule has 0 aliphatic heterocycles. The maximum Gasteiger partial charge on any atom is 0.237 e. The topological polar surface area (TPSA) is 58.4 Å². The van der Waals surface area contributed by atoms with E-state index >= 15 is 0 Å². The van der Waals surface area contributed by atoms with Gasteiger partial charge in [-0.15, -0.1) is 0 Å². The molecule has 0 heterocycles. The summed E-state index contributed by atoms with van der Waals surface area (Å²) in [7, 11) is 0. The van der Waals surface area contributed by atoms with E-state index in [0.717, 1.165) is 38.9 Å². The van der Waals surface area contributed by atoms with Crippen molar-refractivity contribution in [3.05, 3.63) is 0 Å². The van der Waals surface area contributed by atoms with Crippen LogP contribution in [0.2, 0.25) is 0 Å². The third-order valence-corrected chi connectivity index (χ3v) is 3.22. The van der Waals surface area contributed by atoms with Gasteiger partial charge in [-0.2, -0.15) is 0 Å². The first-order valence-electron chi connectivity index (χ1n) is 7.39. The molecule has 0 fully saturated rings. The van der Waals surface area contributed by atoms with E-state index in [2.05, 4.69) is 24.1 Å². The predicted octanol–water partition coefficient (Wildman–Crippen LogP) is 1.74. The summed E-state index contributed by atoms with van der Waals surface area (Å²) in [6.07, 6.45) is 5.69. The molecule has 18 heavy (non-hydrogen) atoms. The van der Waals surface area contributed by atoms with E-state index in [1.807, 2.05) is 6.92 Å². The number of hydrogen-bond acceptors (Lipinski definition) is 3. The van der Waals surface area contributed by atoms with Crippen molar-refractivity contribution in [3.8, 4) is 0 Å². The fraction of sp³-hybridized carbons (Fsp3) is 0.929. The van der Waals surface area contributed by atoms with Crippen LogP contribution < -0.4 is 11.1 Å². The molecule has 1 atom stereocenters. The molecule has 4 heteroatoms. The van der Waals surface area contributed by atoms with E-state index in [9.17, 15) is 4.79 Å². The van der Waals surface area contributed by atoms with Gasteiger partial charge in [0.05, 0.1) is 6.04 Å². The van der Waals surface area contributed by atoms with E-state index < -0.39 is 0 Å². The van der Waals surface area contributed by atoms with Crippen LogP contribution in [0.3, 0.4) is 0 Å². The highest BCUT2D eigenvalue weighted by Gasteiger charge is 2.19. The summed E-state index contributed by atoms with van der Waals surface area (Å²) in [5.41, 5.74) is 5.61. The average Bonchev–Trinajstić information content (AvgIpc) is 2.38. The van der Waals surface area contributed by atoms with Crippen LogP contribution in [0.15, 0.2) is 0 Å². The van der Waals surface area contributed by atoms with Gasteiger partial charge in [0.2, 0.25) is 5.91 Å². The van der Waals surface area contributed by atoms with E-state index in [0.29, 0.717) is 6.54 Å². The van der Waals surface area contributed by atoms with Gasteiger partial charge >= 0.3 is 0 Å². The highest BCUT2D eigenvalue weighted by molar-refractivity contribution is 5.81. The molecule has 108 valence electrons. The van der Waals surface area contributed by atoms with Crippen molar-refractivity contribution in [2.45, 2.75) is 58.9 Å². The van der Waals surface area contributed by atoms with E-state index in [1.54, 1.807) is 0 Å². The standard InChI is InChI=1S/C14H31N3O/c1-4-6-8-10-16-14(18)13(3)17(12-9-15)11-7-5-2/h13H,4-12,15H2,1-3H3,(H,16,18). The minimum atomic E-state index is -0.0678. The van der Waals surface area contributed by atoms with Gasteiger partial charge in [0.25, 0.3) is 0 Å². The number of unbranched alkanes of at least 4 members (excludes halogenated alkanes) is 3. The van der Waals surface area contributed by atoms with Gasteiger partial charge in [0.1, 0.15) is 0 Å². The van der Waals surface area contributed by atoms with Crippen LogP contribution in [0.5, 0.6) is 0 Å².